The zero-order valence-corrected chi connectivity index (χ0v) is 18.2. The van der Waals surface area contributed by atoms with Gasteiger partial charge < -0.3 is 15.6 Å². The maximum Gasteiger partial charge on any atom is 0.220 e. The molecule has 2 fully saturated rings. The van der Waals surface area contributed by atoms with Gasteiger partial charge in [-0.15, -0.1) is 0 Å². The number of anilines is 1. The number of fused-ring (bicyclic) bond motifs is 1. The van der Waals surface area contributed by atoms with Gasteiger partial charge >= 0.3 is 0 Å². The second kappa shape index (κ2) is 8.69. The van der Waals surface area contributed by atoms with E-state index in [1.165, 1.54) is 36.6 Å². The van der Waals surface area contributed by atoms with Crippen LogP contribution in [0.5, 0.6) is 0 Å². The molecule has 2 aliphatic rings. The van der Waals surface area contributed by atoms with E-state index in [9.17, 15) is 4.79 Å². The molecule has 0 saturated heterocycles. The Balaban J connectivity index is 1.44. The number of carbonyl (C=O) groups is 1. The molecule has 0 spiro atoms. The van der Waals surface area contributed by atoms with Gasteiger partial charge in [-0.05, 0) is 43.2 Å². The number of benzene rings is 1. The second-order valence-electron chi connectivity index (χ2n) is 9.10. The Bertz CT molecular complexity index is 1060. The van der Waals surface area contributed by atoms with Crippen LogP contribution in [0, 0.1) is 5.92 Å². The van der Waals surface area contributed by atoms with Crippen molar-refractivity contribution in [3.05, 3.63) is 53.6 Å². The van der Waals surface area contributed by atoms with Crippen molar-refractivity contribution in [1.82, 2.24) is 20.3 Å². The van der Waals surface area contributed by atoms with Crippen molar-refractivity contribution in [2.24, 2.45) is 5.92 Å². The SMILES string of the molecule is CNc1cc([C@H](Cc2c[nH]c3ccccc23)NC(=O)CC2CCCC2)nc(C2CC2)n1. The number of hydrogen-bond acceptors (Lipinski definition) is 4. The number of nitrogens with one attached hydrogen (secondary N) is 3. The Kier molecular flexibility index (Phi) is 5.62. The first-order chi connectivity index (χ1) is 15.2. The van der Waals surface area contributed by atoms with Gasteiger partial charge in [0.1, 0.15) is 11.6 Å². The summed E-state index contributed by atoms with van der Waals surface area (Å²) in [4.78, 5) is 25.9. The van der Waals surface area contributed by atoms with Gasteiger partial charge in [0.05, 0.1) is 11.7 Å². The summed E-state index contributed by atoms with van der Waals surface area (Å²) >= 11 is 0. The van der Waals surface area contributed by atoms with Gasteiger partial charge in [0.25, 0.3) is 0 Å². The molecule has 0 radical (unpaired) electrons. The summed E-state index contributed by atoms with van der Waals surface area (Å²) in [6, 6.07) is 10.1. The largest absolute Gasteiger partial charge is 0.373 e. The van der Waals surface area contributed by atoms with Crippen molar-refractivity contribution < 1.29 is 4.79 Å². The molecule has 2 aromatic heterocycles. The van der Waals surface area contributed by atoms with Gasteiger partial charge in [-0.1, -0.05) is 31.0 Å². The normalized spacial score (nSPS) is 17.7. The van der Waals surface area contributed by atoms with Crippen molar-refractivity contribution >= 4 is 22.6 Å². The van der Waals surface area contributed by atoms with Crippen molar-refractivity contribution in [2.75, 3.05) is 12.4 Å². The fourth-order valence-corrected chi connectivity index (χ4v) is 4.80. The van der Waals surface area contributed by atoms with Crippen LogP contribution in [0.15, 0.2) is 36.5 Å². The first kappa shape index (κ1) is 20.0. The lowest BCUT2D eigenvalue weighted by Gasteiger charge is -2.21. The zero-order valence-electron chi connectivity index (χ0n) is 18.2. The molecule has 1 aromatic carbocycles. The summed E-state index contributed by atoms with van der Waals surface area (Å²) in [5.74, 6) is 2.83. The van der Waals surface area contributed by atoms with Gasteiger partial charge in [-0.25, -0.2) is 9.97 Å². The minimum absolute atomic E-state index is 0.134. The zero-order chi connectivity index (χ0) is 21.2. The van der Waals surface area contributed by atoms with Crippen LogP contribution in [0.4, 0.5) is 5.82 Å². The Morgan fingerprint density at radius 3 is 2.74 bits per heavy atom. The first-order valence-electron chi connectivity index (χ1n) is 11.6. The second-order valence-corrected chi connectivity index (χ2v) is 9.10. The number of rotatable bonds is 8. The summed E-state index contributed by atoms with van der Waals surface area (Å²) in [7, 11) is 1.89. The van der Waals surface area contributed by atoms with E-state index in [0.717, 1.165) is 35.7 Å². The van der Waals surface area contributed by atoms with Gasteiger partial charge in [-0.3, -0.25) is 4.79 Å². The molecule has 0 bridgehead atoms. The van der Waals surface area contributed by atoms with Crippen molar-refractivity contribution in [3.8, 4) is 0 Å². The van der Waals surface area contributed by atoms with E-state index >= 15 is 0 Å². The first-order valence-corrected chi connectivity index (χ1v) is 11.6. The molecule has 3 aromatic rings. The molecule has 6 heteroatoms. The number of aromatic amines is 1. The predicted molar refractivity (Wildman–Crippen MR) is 123 cm³/mol. The lowest BCUT2D eigenvalue weighted by atomic mass is 10.00. The highest BCUT2D eigenvalue weighted by molar-refractivity contribution is 5.83. The highest BCUT2D eigenvalue weighted by atomic mass is 16.1. The fraction of sp³-hybridized carbons (Fsp3) is 0.480. The number of nitrogens with zero attached hydrogens (tertiary/aromatic N) is 2. The van der Waals surface area contributed by atoms with E-state index in [1.54, 1.807) is 0 Å². The average Bonchev–Trinajstić information content (AvgIpc) is 3.38. The molecule has 3 N–H and O–H groups in total. The van der Waals surface area contributed by atoms with Gasteiger partial charge in [0.2, 0.25) is 5.91 Å². The molecule has 2 heterocycles. The molecule has 31 heavy (non-hydrogen) atoms. The number of amides is 1. The van der Waals surface area contributed by atoms with Crippen molar-refractivity contribution in [1.29, 1.82) is 0 Å². The molecular weight excluding hydrogens is 386 g/mol. The summed E-state index contributed by atoms with van der Waals surface area (Å²) in [6.07, 6.45) is 10.5. The van der Waals surface area contributed by atoms with E-state index in [-0.39, 0.29) is 11.9 Å². The van der Waals surface area contributed by atoms with Crippen LogP contribution in [0.3, 0.4) is 0 Å². The molecule has 2 aliphatic carbocycles. The molecule has 0 unspecified atom stereocenters. The lowest BCUT2D eigenvalue weighted by Crippen LogP contribution is -2.32. The van der Waals surface area contributed by atoms with E-state index in [4.69, 9.17) is 4.98 Å². The number of H-pyrrole nitrogens is 1. The standard InChI is InChI=1S/C25H31N5O/c1-26-23-14-22(29-25(30-23)17-10-11-17)21(28-24(31)12-16-6-2-3-7-16)13-18-15-27-20-9-5-4-8-19(18)20/h4-5,8-9,14-17,21,27H,2-3,6-7,10-13H2,1H3,(H,28,31)(H,26,29,30)/t21-/m0/s1. The summed E-state index contributed by atoms with van der Waals surface area (Å²) in [5, 5.41) is 7.70. The average molecular weight is 418 g/mol. The van der Waals surface area contributed by atoms with E-state index < -0.39 is 0 Å². The van der Waals surface area contributed by atoms with Gasteiger partial charge in [0.15, 0.2) is 0 Å². The van der Waals surface area contributed by atoms with Crippen LogP contribution in [0.25, 0.3) is 10.9 Å². The maximum atomic E-state index is 13.0. The van der Waals surface area contributed by atoms with E-state index in [1.807, 2.05) is 19.2 Å². The number of carbonyl (C=O) groups excluding carboxylic acids is 1. The maximum absolute atomic E-state index is 13.0. The number of para-hydroxylation sites is 1. The molecule has 6 nitrogen and oxygen atoms in total. The molecule has 1 amide bonds. The van der Waals surface area contributed by atoms with Gasteiger partial charge in [0, 0.05) is 49.0 Å². The molecule has 5 rings (SSSR count). The van der Waals surface area contributed by atoms with Crippen LogP contribution in [-0.4, -0.2) is 27.9 Å². The highest BCUT2D eigenvalue weighted by Gasteiger charge is 2.29. The Morgan fingerprint density at radius 2 is 1.97 bits per heavy atom. The smallest absolute Gasteiger partial charge is 0.220 e. The highest BCUT2D eigenvalue weighted by Crippen LogP contribution is 2.39. The summed E-state index contributed by atoms with van der Waals surface area (Å²) in [6.45, 7) is 0. The van der Waals surface area contributed by atoms with Crippen LogP contribution < -0.4 is 10.6 Å². The minimum atomic E-state index is -0.180. The Morgan fingerprint density at radius 1 is 1.16 bits per heavy atom. The summed E-state index contributed by atoms with van der Waals surface area (Å²) in [5.41, 5.74) is 3.21. The molecule has 162 valence electrons. The van der Waals surface area contributed by atoms with E-state index in [0.29, 0.717) is 24.7 Å². The van der Waals surface area contributed by atoms with E-state index in [2.05, 4.69) is 45.0 Å². The quantitative estimate of drug-likeness (QED) is 0.489. The Hall–Kier alpha value is -2.89. The van der Waals surface area contributed by atoms with Crippen molar-refractivity contribution in [3.63, 3.8) is 0 Å². The van der Waals surface area contributed by atoms with Crippen LogP contribution in [0.1, 0.15) is 74.0 Å². The third kappa shape index (κ3) is 4.58. The lowest BCUT2D eigenvalue weighted by molar-refractivity contribution is -0.122. The van der Waals surface area contributed by atoms with Crippen LogP contribution in [0.2, 0.25) is 0 Å². The fourth-order valence-electron chi connectivity index (χ4n) is 4.80. The molecule has 1 atom stereocenters. The number of hydrogen-bond donors (Lipinski definition) is 3. The monoisotopic (exact) mass is 417 g/mol. The molecular formula is C25H31N5O. The number of aromatic nitrogens is 3. The van der Waals surface area contributed by atoms with Crippen LogP contribution >= 0.6 is 0 Å². The Labute approximate surface area is 183 Å². The van der Waals surface area contributed by atoms with Crippen LogP contribution in [-0.2, 0) is 11.2 Å². The third-order valence-corrected chi connectivity index (χ3v) is 6.70. The third-order valence-electron chi connectivity index (χ3n) is 6.70. The predicted octanol–water partition coefficient (Wildman–Crippen LogP) is 4.86. The summed E-state index contributed by atoms with van der Waals surface area (Å²) < 4.78 is 0. The molecule has 0 aliphatic heterocycles. The van der Waals surface area contributed by atoms with Gasteiger partial charge in [-0.2, -0.15) is 0 Å². The topological polar surface area (TPSA) is 82.7 Å². The van der Waals surface area contributed by atoms with Crippen molar-refractivity contribution in [2.45, 2.75) is 63.3 Å². The molecule has 2 saturated carbocycles. The minimum Gasteiger partial charge on any atom is -0.373 e.